The van der Waals surface area contributed by atoms with Gasteiger partial charge in [-0.1, -0.05) is 18.2 Å². The minimum absolute atomic E-state index is 0.228. The van der Waals surface area contributed by atoms with E-state index in [1.165, 1.54) is 24.3 Å². The molecule has 0 aliphatic heterocycles. The molecule has 2 aromatic carbocycles. The molecule has 132 valence electrons. The van der Waals surface area contributed by atoms with Crippen LogP contribution in [0.5, 0.6) is 0 Å². The van der Waals surface area contributed by atoms with Gasteiger partial charge in [-0.05, 0) is 61.9 Å². The maximum absolute atomic E-state index is 13.2. The highest BCUT2D eigenvalue weighted by molar-refractivity contribution is 6.03. The number of hydrogen-bond acceptors (Lipinski definition) is 4. The number of amides is 1. The third kappa shape index (κ3) is 4.03. The average molecular weight is 350 g/mol. The van der Waals surface area contributed by atoms with Crippen LogP contribution in [-0.2, 0) is 0 Å². The monoisotopic (exact) mass is 350 g/mol. The van der Waals surface area contributed by atoms with Gasteiger partial charge in [0.05, 0.1) is 0 Å². The van der Waals surface area contributed by atoms with E-state index in [4.69, 9.17) is 0 Å². The number of aryl methyl sites for hydroxylation is 1. The molecule has 0 bridgehead atoms. The lowest BCUT2D eigenvalue weighted by Gasteiger charge is -2.22. The molecular formula is C20H19FN4O. The van der Waals surface area contributed by atoms with Crippen molar-refractivity contribution in [3.63, 3.8) is 0 Å². The summed E-state index contributed by atoms with van der Waals surface area (Å²) in [5.74, 6) is 0.0959. The summed E-state index contributed by atoms with van der Waals surface area (Å²) in [4.78, 5) is 14.2. The van der Waals surface area contributed by atoms with Crippen LogP contribution in [0, 0.1) is 12.7 Å². The Morgan fingerprint density at radius 3 is 2.54 bits per heavy atom. The summed E-state index contributed by atoms with van der Waals surface area (Å²) in [6.07, 6.45) is 0. The van der Waals surface area contributed by atoms with E-state index in [-0.39, 0.29) is 5.56 Å². The fraction of sp³-hybridized carbons (Fsp3) is 0.150. The lowest BCUT2D eigenvalue weighted by Crippen LogP contribution is -2.19. The molecule has 3 aromatic rings. The van der Waals surface area contributed by atoms with Gasteiger partial charge in [-0.2, -0.15) is 0 Å². The minimum atomic E-state index is -0.462. The number of aromatic nitrogens is 2. The highest BCUT2D eigenvalue weighted by Gasteiger charge is 2.11. The van der Waals surface area contributed by atoms with E-state index >= 15 is 0 Å². The van der Waals surface area contributed by atoms with Crippen LogP contribution in [0.25, 0.3) is 0 Å². The van der Waals surface area contributed by atoms with Crippen LogP contribution in [0.15, 0.2) is 60.7 Å². The Bertz CT molecular complexity index is 912. The van der Waals surface area contributed by atoms with E-state index in [1.807, 2.05) is 36.9 Å². The van der Waals surface area contributed by atoms with Crippen molar-refractivity contribution in [1.82, 2.24) is 10.2 Å². The molecule has 1 heterocycles. The summed E-state index contributed by atoms with van der Waals surface area (Å²) in [6, 6.07) is 17.1. The number of hydrogen-bond donors (Lipinski definition) is 1. The normalized spacial score (nSPS) is 10.4. The van der Waals surface area contributed by atoms with Crippen molar-refractivity contribution in [3.05, 3.63) is 77.6 Å². The summed E-state index contributed by atoms with van der Waals surface area (Å²) >= 11 is 0. The lowest BCUT2D eigenvalue weighted by molar-refractivity contribution is 0.102. The second-order valence-corrected chi connectivity index (χ2v) is 5.82. The maximum Gasteiger partial charge on any atom is 0.256 e. The Labute approximate surface area is 151 Å². The molecule has 5 nitrogen and oxygen atoms in total. The van der Waals surface area contributed by atoms with Crippen LogP contribution in [0.3, 0.4) is 0 Å². The molecule has 0 aliphatic carbocycles. The molecule has 0 fully saturated rings. The third-order valence-corrected chi connectivity index (χ3v) is 3.88. The fourth-order valence-corrected chi connectivity index (χ4v) is 2.63. The van der Waals surface area contributed by atoms with Gasteiger partial charge in [0.1, 0.15) is 5.82 Å². The largest absolute Gasteiger partial charge is 0.325 e. The number of rotatable bonds is 5. The van der Waals surface area contributed by atoms with Gasteiger partial charge in [-0.15, -0.1) is 10.2 Å². The standard InChI is InChI=1S/C20H19FN4O/c1-3-25(17-9-4-6-14(2)12-17)19-11-10-18(23-24-19)22-20(26)15-7-5-8-16(21)13-15/h4-13H,3H2,1-2H3,(H,22,23,26). The number of nitrogens with zero attached hydrogens (tertiary/aromatic N) is 3. The number of anilines is 3. The van der Waals surface area contributed by atoms with Gasteiger partial charge in [-0.3, -0.25) is 4.79 Å². The van der Waals surface area contributed by atoms with E-state index < -0.39 is 11.7 Å². The smallest absolute Gasteiger partial charge is 0.256 e. The SMILES string of the molecule is CCN(c1cccc(C)c1)c1ccc(NC(=O)c2cccc(F)c2)nn1. The summed E-state index contributed by atoms with van der Waals surface area (Å²) in [5.41, 5.74) is 2.41. The van der Waals surface area contributed by atoms with Gasteiger partial charge in [0, 0.05) is 17.8 Å². The summed E-state index contributed by atoms with van der Waals surface area (Å²) in [6.45, 7) is 4.80. The van der Waals surface area contributed by atoms with Crippen molar-refractivity contribution in [2.24, 2.45) is 0 Å². The van der Waals surface area contributed by atoms with E-state index in [0.717, 1.165) is 17.8 Å². The molecular weight excluding hydrogens is 331 g/mol. The first-order valence-electron chi connectivity index (χ1n) is 8.31. The molecule has 1 aromatic heterocycles. The van der Waals surface area contributed by atoms with Crippen LogP contribution in [0.2, 0.25) is 0 Å². The second-order valence-electron chi connectivity index (χ2n) is 5.82. The van der Waals surface area contributed by atoms with Crippen LogP contribution in [0.1, 0.15) is 22.8 Å². The lowest BCUT2D eigenvalue weighted by atomic mass is 10.2. The predicted molar refractivity (Wildman–Crippen MR) is 100 cm³/mol. The first kappa shape index (κ1) is 17.5. The topological polar surface area (TPSA) is 58.1 Å². The molecule has 1 amide bonds. The number of carbonyl (C=O) groups is 1. The van der Waals surface area contributed by atoms with Crippen molar-refractivity contribution >= 4 is 23.2 Å². The first-order chi connectivity index (χ1) is 12.6. The van der Waals surface area contributed by atoms with E-state index in [0.29, 0.717) is 11.6 Å². The van der Waals surface area contributed by atoms with Gasteiger partial charge >= 0.3 is 0 Å². The molecule has 0 aliphatic rings. The summed E-state index contributed by atoms with van der Waals surface area (Å²) in [5, 5.41) is 10.9. The Kier molecular flexibility index (Phi) is 5.22. The molecule has 1 N–H and O–H groups in total. The number of halogens is 1. The molecule has 0 saturated carbocycles. The molecule has 0 unspecified atom stereocenters. The van der Waals surface area contributed by atoms with E-state index in [1.54, 1.807) is 12.1 Å². The van der Waals surface area contributed by atoms with Crippen LogP contribution >= 0.6 is 0 Å². The molecule has 6 heteroatoms. The zero-order chi connectivity index (χ0) is 18.5. The zero-order valence-corrected chi connectivity index (χ0v) is 14.6. The Hall–Kier alpha value is -3.28. The van der Waals surface area contributed by atoms with Gasteiger partial charge in [-0.25, -0.2) is 4.39 Å². The summed E-state index contributed by atoms with van der Waals surface area (Å²) in [7, 11) is 0. The van der Waals surface area contributed by atoms with Gasteiger partial charge in [0.25, 0.3) is 5.91 Å². The Morgan fingerprint density at radius 1 is 1.08 bits per heavy atom. The summed E-state index contributed by atoms with van der Waals surface area (Å²) < 4.78 is 13.2. The van der Waals surface area contributed by atoms with Crippen molar-refractivity contribution in [3.8, 4) is 0 Å². The quantitative estimate of drug-likeness (QED) is 0.744. The number of benzene rings is 2. The van der Waals surface area contributed by atoms with Crippen LogP contribution in [-0.4, -0.2) is 22.6 Å². The highest BCUT2D eigenvalue weighted by Crippen LogP contribution is 2.24. The van der Waals surface area contributed by atoms with E-state index in [2.05, 4.69) is 21.6 Å². The number of carbonyl (C=O) groups excluding carboxylic acids is 1. The maximum atomic E-state index is 13.2. The zero-order valence-electron chi connectivity index (χ0n) is 14.6. The van der Waals surface area contributed by atoms with Gasteiger partial charge < -0.3 is 10.2 Å². The molecule has 0 saturated heterocycles. The number of nitrogens with one attached hydrogen (secondary N) is 1. The van der Waals surface area contributed by atoms with Gasteiger partial charge in [0.2, 0.25) is 0 Å². The molecule has 3 rings (SSSR count). The van der Waals surface area contributed by atoms with Crippen molar-refractivity contribution in [2.75, 3.05) is 16.8 Å². The van der Waals surface area contributed by atoms with Crippen molar-refractivity contribution < 1.29 is 9.18 Å². The molecule has 26 heavy (non-hydrogen) atoms. The molecule has 0 radical (unpaired) electrons. The van der Waals surface area contributed by atoms with Crippen molar-refractivity contribution in [2.45, 2.75) is 13.8 Å². The average Bonchev–Trinajstić information content (AvgIpc) is 2.64. The predicted octanol–water partition coefficient (Wildman–Crippen LogP) is 4.33. The second kappa shape index (κ2) is 7.74. The van der Waals surface area contributed by atoms with Crippen molar-refractivity contribution in [1.29, 1.82) is 0 Å². The third-order valence-electron chi connectivity index (χ3n) is 3.88. The highest BCUT2D eigenvalue weighted by atomic mass is 19.1. The van der Waals surface area contributed by atoms with Crippen LogP contribution < -0.4 is 10.2 Å². The molecule has 0 atom stereocenters. The Morgan fingerprint density at radius 2 is 1.88 bits per heavy atom. The van der Waals surface area contributed by atoms with Crippen LogP contribution in [0.4, 0.5) is 21.7 Å². The molecule has 0 spiro atoms. The first-order valence-corrected chi connectivity index (χ1v) is 8.31. The fourth-order valence-electron chi connectivity index (χ4n) is 2.63. The Balaban J connectivity index is 1.76. The minimum Gasteiger partial charge on any atom is -0.325 e. The van der Waals surface area contributed by atoms with E-state index in [9.17, 15) is 9.18 Å². The van der Waals surface area contributed by atoms with Gasteiger partial charge in [0.15, 0.2) is 11.6 Å².